The van der Waals surface area contributed by atoms with E-state index in [1.807, 2.05) is 0 Å². The van der Waals surface area contributed by atoms with Crippen molar-refractivity contribution in [3.8, 4) is 0 Å². The largest absolute Gasteiger partial charge is 0.468 e. The molecule has 4 nitrogen and oxygen atoms in total. The minimum atomic E-state index is -0.459. The molecule has 1 aliphatic carbocycles. The number of hydrogen-bond acceptors (Lipinski definition) is 4. The molecule has 2 fully saturated rings. The molecule has 1 heterocycles. The van der Waals surface area contributed by atoms with Crippen LogP contribution in [0.15, 0.2) is 0 Å². The van der Waals surface area contributed by atoms with Crippen LogP contribution in [0.5, 0.6) is 0 Å². The molecule has 1 saturated heterocycles. The molecule has 0 bridgehead atoms. The summed E-state index contributed by atoms with van der Waals surface area (Å²) in [7, 11) is 1.50. The van der Waals surface area contributed by atoms with Gasteiger partial charge in [-0.05, 0) is 52.0 Å². The normalized spacial score (nSPS) is 36.1. The lowest BCUT2D eigenvalue weighted by Crippen LogP contribution is -2.54. The monoisotopic (exact) mass is 268 g/mol. The molecule has 1 saturated carbocycles. The van der Waals surface area contributed by atoms with Crippen LogP contribution in [0.1, 0.15) is 46.5 Å². The minimum Gasteiger partial charge on any atom is -0.468 e. The second-order valence-corrected chi connectivity index (χ2v) is 6.66. The van der Waals surface area contributed by atoms with Crippen molar-refractivity contribution in [3.05, 3.63) is 0 Å². The average Bonchev–Trinajstić information content (AvgIpc) is 2.95. The number of nitrogens with one attached hydrogen (secondary N) is 1. The maximum atomic E-state index is 12.2. The summed E-state index contributed by atoms with van der Waals surface area (Å²) in [6.45, 7) is 8.87. The number of methoxy groups -OCH3 is 1. The summed E-state index contributed by atoms with van der Waals surface area (Å²) in [6, 6.07) is 0.839. The van der Waals surface area contributed by atoms with Crippen LogP contribution in [0.4, 0.5) is 0 Å². The van der Waals surface area contributed by atoms with Crippen LogP contribution in [0.3, 0.4) is 0 Å². The third-order valence-corrected chi connectivity index (χ3v) is 4.60. The van der Waals surface area contributed by atoms with E-state index in [1.165, 1.54) is 26.6 Å². The molecule has 0 aromatic rings. The number of hydrogen-bond donors (Lipinski definition) is 1. The van der Waals surface area contributed by atoms with Gasteiger partial charge in [-0.15, -0.1) is 0 Å². The first-order valence-corrected chi connectivity index (χ1v) is 7.57. The summed E-state index contributed by atoms with van der Waals surface area (Å²) < 4.78 is 5.05. The second kappa shape index (κ2) is 5.80. The first-order chi connectivity index (χ1) is 8.97. The lowest BCUT2D eigenvalue weighted by Gasteiger charge is -2.31. The summed E-state index contributed by atoms with van der Waals surface area (Å²) in [4.78, 5) is 14.8. The van der Waals surface area contributed by atoms with Gasteiger partial charge in [-0.2, -0.15) is 0 Å². The van der Waals surface area contributed by atoms with Crippen molar-refractivity contribution in [2.45, 2.75) is 64.1 Å². The molecule has 19 heavy (non-hydrogen) atoms. The third kappa shape index (κ3) is 3.11. The molecule has 0 spiro atoms. The molecule has 1 N–H and O–H groups in total. The Morgan fingerprint density at radius 1 is 1.42 bits per heavy atom. The number of carbonyl (C=O) groups is 1. The summed E-state index contributed by atoms with van der Waals surface area (Å²) in [5, 5.41) is 3.47. The van der Waals surface area contributed by atoms with Gasteiger partial charge in [-0.1, -0.05) is 6.92 Å². The van der Waals surface area contributed by atoms with Crippen molar-refractivity contribution in [1.82, 2.24) is 10.2 Å². The molecule has 3 atom stereocenters. The Hall–Kier alpha value is -0.610. The molecule has 0 amide bonds. The zero-order valence-electron chi connectivity index (χ0n) is 12.7. The maximum Gasteiger partial charge on any atom is 0.326 e. The smallest absolute Gasteiger partial charge is 0.326 e. The van der Waals surface area contributed by atoms with Gasteiger partial charge in [0.25, 0.3) is 0 Å². The van der Waals surface area contributed by atoms with Crippen LogP contribution in [0.25, 0.3) is 0 Å². The fourth-order valence-electron chi connectivity index (χ4n) is 3.76. The third-order valence-electron chi connectivity index (χ3n) is 4.60. The highest BCUT2D eigenvalue weighted by atomic mass is 16.5. The fraction of sp³-hybridized carbons (Fsp3) is 0.933. The molecule has 110 valence electrons. The number of likely N-dealkylation sites (tertiary alicyclic amines) is 1. The van der Waals surface area contributed by atoms with Gasteiger partial charge >= 0.3 is 5.97 Å². The number of ether oxygens (including phenoxy) is 1. The fourth-order valence-corrected chi connectivity index (χ4v) is 3.76. The number of esters is 1. The van der Waals surface area contributed by atoms with Gasteiger partial charge in [0.1, 0.15) is 5.54 Å². The second-order valence-electron chi connectivity index (χ2n) is 6.66. The van der Waals surface area contributed by atoms with Crippen molar-refractivity contribution in [2.24, 2.45) is 5.92 Å². The van der Waals surface area contributed by atoms with Crippen LogP contribution in [-0.2, 0) is 9.53 Å². The molecule has 0 aromatic carbocycles. The van der Waals surface area contributed by atoms with Crippen molar-refractivity contribution in [3.63, 3.8) is 0 Å². The standard InChI is InChI=1S/C15H28N2O2/c1-11(2)16-15(14(18)19-4)7-5-13(9-15)17-8-6-12(3)10-17/h11-13,16H,5-10H2,1-4H3. The molecule has 2 rings (SSSR count). The van der Waals surface area contributed by atoms with Gasteiger partial charge in [-0.25, -0.2) is 0 Å². The van der Waals surface area contributed by atoms with E-state index in [1.54, 1.807) is 0 Å². The molecule has 1 aliphatic heterocycles. The van der Waals surface area contributed by atoms with Crippen LogP contribution in [0.2, 0.25) is 0 Å². The van der Waals surface area contributed by atoms with Gasteiger partial charge in [0.15, 0.2) is 0 Å². The Kier molecular flexibility index (Phi) is 4.51. The van der Waals surface area contributed by atoms with E-state index < -0.39 is 5.54 Å². The summed E-state index contributed by atoms with van der Waals surface area (Å²) in [5.74, 6) is 0.710. The first kappa shape index (κ1) is 14.8. The molecule has 4 heteroatoms. The van der Waals surface area contributed by atoms with E-state index in [0.717, 1.165) is 25.2 Å². The van der Waals surface area contributed by atoms with Crippen LogP contribution in [0, 0.1) is 5.92 Å². The summed E-state index contributed by atoms with van der Waals surface area (Å²) in [5.41, 5.74) is -0.459. The number of rotatable bonds is 4. The minimum absolute atomic E-state index is 0.0871. The van der Waals surface area contributed by atoms with Crippen LogP contribution < -0.4 is 5.32 Å². The lowest BCUT2D eigenvalue weighted by molar-refractivity contribution is -0.149. The lowest BCUT2D eigenvalue weighted by atomic mass is 9.96. The van der Waals surface area contributed by atoms with Gasteiger partial charge in [-0.3, -0.25) is 10.1 Å². The number of carbonyl (C=O) groups excluding carboxylic acids is 1. The predicted molar refractivity (Wildman–Crippen MR) is 76.0 cm³/mol. The van der Waals surface area contributed by atoms with E-state index in [4.69, 9.17) is 4.74 Å². The van der Waals surface area contributed by atoms with E-state index in [2.05, 4.69) is 31.0 Å². The van der Waals surface area contributed by atoms with Crippen LogP contribution >= 0.6 is 0 Å². The maximum absolute atomic E-state index is 12.2. The molecule has 3 unspecified atom stereocenters. The Labute approximate surface area is 116 Å². The van der Waals surface area contributed by atoms with Crippen molar-refractivity contribution in [1.29, 1.82) is 0 Å². The topological polar surface area (TPSA) is 41.6 Å². The Morgan fingerprint density at radius 2 is 2.16 bits per heavy atom. The average molecular weight is 268 g/mol. The molecule has 0 aromatic heterocycles. The molecule has 0 radical (unpaired) electrons. The number of nitrogens with zero attached hydrogens (tertiary/aromatic N) is 1. The molecule has 2 aliphatic rings. The summed E-state index contributed by atoms with van der Waals surface area (Å²) >= 11 is 0. The van der Waals surface area contributed by atoms with E-state index in [0.29, 0.717) is 12.1 Å². The SMILES string of the molecule is COC(=O)C1(NC(C)C)CCC(N2CCC(C)C2)C1. The van der Waals surface area contributed by atoms with Crippen LogP contribution in [-0.4, -0.2) is 48.7 Å². The van der Waals surface area contributed by atoms with E-state index in [-0.39, 0.29) is 5.97 Å². The highest BCUT2D eigenvalue weighted by Gasteiger charge is 2.48. The summed E-state index contributed by atoms with van der Waals surface area (Å²) in [6.07, 6.45) is 4.18. The zero-order valence-corrected chi connectivity index (χ0v) is 12.7. The molecular weight excluding hydrogens is 240 g/mol. The van der Waals surface area contributed by atoms with E-state index >= 15 is 0 Å². The Bertz CT molecular complexity index is 332. The molecular formula is C15H28N2O2. The van der Waals surface area contributed by atoms with Gasteiger partial charge < -0.3 is 9.64 Å². The first-order valence-electron chi connectivity index (χ1n) is 7.57. The highest BCUT2D eigenvalue weighted by molar-refractivity contribution is 5.81. The predicted octanol–water partition coefficient (Wildman–Crippen LogP) is 1.79. The van der Waals surface area contributed by atoms with Gasteiger partial charge in [0, 0.05) is 18.6 Å². The van der Waals surface area contributed by atoms with E-state index in [9.17, 15) is 4.79 Å². The Morgan fingerprint density at radius 3 is 2.68 bits per heavy atom. The van der Waals surface area contributed by atoms with Gasteiger partial charge in [0.2, 0.25) is 0 Å². The van der Waals surface area contributed by atoms with Crippen molar-refractivity contribution < 1.29 is 9.53 Å². The quantitative estimate of drug-likeness (QED) is 0.789. The Balaban J connectivity index is 2.04. The van der Waals surface area contributed by atoms with Gasteiger partial charge in [0.05, 0.1) is 7.11 Å². The zero-order chi connectivity index (χ0) is 14.0. The van der Waals surface area contributed by atoms with Crippen molar-refractivity contribution in [2.75, 3.05) is 20.2 Å². The van der Waals surface area contributed by atoms with Crippen molar-refractivity contribution >= 4 is 5.97 Å². The highest BCUT2D eigenvalue weighted by Crippen LogP contribution is 2.36.